The number of hydrogen-bond donors (Lipinski definition) is 0. The van der Waals surface area contributed by atoms with Crippen molar-refractivity contribution in [2.24, 2.45) is 0 Å². The van der Waals surface area contributed by atoms with Crippen LogP contribution in [-0.2, 0) is 0 Å². The maximum absolute atomic E-state index is 11.6. The van der Waals surface area contributed by atoms with Crippen LogP contribution in [0, 0.1) is 13.8 Å². The van der Waals surface area contributed by atoms with Crippen LogP contribution >= 0.6 is 0 Å². The largest absolute Gasteiger partial charge is 0.294 e. The van der Waals surface area contributed by atoms with Crippen molar-refractivity contribution >= 4 is 5.78 Å². The van der Waals surface area contributed by atoms with Gasteiger partial charge in [0.05, 0.1) is 0 Å². The minimum absolute atomic E-state index is 0.323. The summed E-state index contributed by atoms with van der Waals surface area (Å²) in [5.41, 5.74) is 4.63. The lowest BCUT2D eigenvalue weighted by atomic mass is 9.97. The van der Waals surface area contributed by atoms with E-state index in [4.69, 9.17) is 0 Å². The number of fused-ring (bicyclic) bond motifs is 1. The Labute approximate surface area is 78.8 Å². The maximum atomic E-state index is 11.6. The lowest BCUT2D eigenvalue weighted by molar-refractivity contribution is 0.0989. The molecule has 1 aromatic rings. The van der Waals surface area contributed by atoms with Crippen molar-refractivity contribution in [3.63, 3.8) is 0 Å². The van der Waals surface area contributed by atoms with E-state index in [1.807, 2.05) is 6.92 Å². The van der Waals surface area contributed by atoms with E-state index in [1.165, 1.54) is 16.7 Å². The van der Waals surface area contributed by atoms with Gasteiger partial charge in [0.2, 0.25) is 0 Å². The molecule has 0 saturated carbocycles. The molecule has 0 aliphatic heterocycles. The molecule has 0 spiro atoms. The molecule has 1 unspecified atom stereocenters. The number of carbonyl (C=O) groups excluding carboxylic acids is 1. The van der Waals surface area contributed by atoms with Gasteiger partial charge >= 0.3 is 0 Å². The lowest BCUT2D eigenvalue weighted by Crippen LogP contribution is -1.97. The Morgan fingerprint density at radius 2 is 2.00 bits per heavy atom. The van der Waals surface area contributed by atoms with Crippen LogP contribution in [0.3, 0.4) is 0 Å². The zero-order chi connectivity index (χ0) is 9.59. The molecule has 1 heteroatoms. The molecular formula is C12H14O. The zero-order valence-corrected chi connectivity index (χ0v) is 8.35. The number of benzene rings is 1. The molecule has 13 heavy (non-hydrogen) atoms. The molecule has 1 aromatic carbocycles. The van der Waals surface area contributed by atoms with Crippen LogP contribution in [-0.4, -0.2) is 5.78 Å². The first kappa shape index (κ1) is 8.49. The van der Waals surface area contributed by atoms with Crippen molar-refractivity contribution in [2.75, 3.05) is 0 Å². The second-order valence-corrected chi connectivity index (χ2v) is 4.00. The highest BCUT2D eigenvalue weighted by atomic mass is 16.1. The van der Waals surface area contributed by atoms with Gasteiger partial charge in [0.15, 0.2) is 5.78 Å². The van der Waals surface area contributed by atoms with Crippen molar-refractivity contribution in [2.45, 2.75) is 33.1 Å². The average Bonchev–Trinajstić information content (AvgIpc) is 2.35. The molecule has 1 aliphatic rings. The van der Waals surface area contributed by atoms with E-state index in [0.717, 1.165) is 5.56 Å². The predicted molar refractivity (Wildman–Crippen MR) is 53.3 cm³/mol. The van der Waals surface area contributed by atoms with Gasteiger partial charge in [0.1, 0.15) is 0 Å². The van der Waals surface area contributed by atoms with Crippen LogP contribution in [0.15, 0.2) is 12.1 Å². The third kappa shape index (κ3) is 1.11. The SMILES string of the molecule is Cc1ccc2c(c1C)C(=O)CC2C. The van der Waals surface area contributed by atoms with Crippen molar-refractivity contribution in [3.05, 3.63) is 34.4 Å². The molecule has 0 N–H and O–H groups in total. The van der Waals surface area contributed by atoms with E-state index in [9.17, 15) is 4.79 Å². The molecule has 68 valence electrons. The van der Waals surface area contributed by atoms with Crippen molar-refractivity contribution in [1.29, 1.82) is 0 Å². The van der Waals surface area contributed by atoms with Crippen molar-refractivity contribution in [1.82, 2.24) is 0 Å². The summed E-state index contributed by atoms with van der Waals surface area (Å²) < 4.78 is 0. The first-order chi connectivity index (χ1) is 6.11. The molecule has 0 amide bonds. The highest BCUT2D eigenvalue weighted by Crippen LogP contribution is 2.35. The molecule has 0 fully saturated rings. The Balaban J connectivity index is 2.71. The Morgan fingerprint density at radius 1 is 1.31 bits per heavy atom. The number of rotatable bonds is 0. The van der Waals surface area contributed by atoms with Gasteiger partial charge in [-0.2, -0.15) is 0 Å². The lowest BCUT2D eigenvalue weighted by Gasteiger charge is -2.07. The van der Waals surface area contributed by atoms with Gasteiger partial charge in [-0.05, 0) is 36.5 Å². The Kier molecular flexibility index (Phi) is 1.76. The summed E-state index contributed by atoms with van der Waals surface area (Å²) in [6.07, 6.45) is 0.694. The highest BCUT2D eigenvalue weighted by Gasteiger charge is 2.27. The van der Waals surface area contributed by atoms with Crippen LogP contribution in [0.1, 0.15) is 46.3 Å². The van der Waals surface area contributed by atoms with E-state index >= 15 is 0 Å². The fourth-order valence-electron chi connectivity index (χ4n) is 2.11. The van der Waals surface area contributed by atoms with Crippen LogP contribution in [0.4, 0.5) is 0 Å². The standard InChI is InChI=1S/C12H14O/c1-7-4-5-10-8(2)6-11(13)12(10)9(7)3/h4-5,8H,6H2,1-3H3. The Morgan fingerprint density at radius 3 is 2.69 bits per heavy atom. The van der Waals surface area contributed by atoms with Gasteiger partial charge in [-0.15, -0.1) is 0 Å². The van der Waals surface area contributed by atoms with E-state index < -0.39 is 0 Å². The fourth-order valence-corrected chi connectivity index (χ4v) is 2.11. The number of ketones is 1. The summed E-state index contributed by atoms with van der Waals surface area (Å²) >= 11 is 0. The maximum Gasteiger partial charge on any atom is 0.164 e. The van der Waals surface area contributed by atoms with Crippen LogP contribution in [0.5, 0.6) is 0 Å². The molecule has 0 aromatic heterocycles. The number of aryl methyl sites for hydroxylation is 1. The molecule has 0 bridgehead atoms. The Bertz CT molecular complexity index is 377. The Hall–Kier alpha value is -1.11. The predicted octanol–water partition coefficient (Wildman–Crippen LogP) is 2.99. The third-order valence-corrected chi connectivity index (χ3v) is 3.07. The summed E-state index contributed by atoms with van der Waals surface area (Å²) in [4.78, 5) is 11.6. The molecule has 0 heterocycles. The van der Waals surface area contributed by atoms with E-state index in [-0.39, 0.29) is 0 Å². The summed E-state index contributed by atoms with van der Waals surface area (Å²) in [5.74, 6) is 0.741. The van der Waals surface area contributed by atoms with Gasteiger partial charge in [0, 0.05) is 12.0 Å². The zero-order valence-electron chi connectivity index (χ0n) is 8.35. The second kappa shape index (κ2) is 2.69. The monoisotopic (exact) mass is 174 g/mol. The molecule has 1 aliphatic carbocycles. The minimum atomic E-state index is 0.323. The van der Waals surface area contributed by atoms with E-state index in [1.54, 1.807) is 0 Å². The summed E-state index contributed by atoms with van der Waals surface area (Å²) in [6.45, 7) is 6.23. The fraction of sp³-hybridized carbons (Fsp3) is 0.417. The number of Topliss-reactive ketones (excluding diaryl/α,β-unsaturated/α-hetero) is 1. The third-order valence-electron chi connectivity index (χ3n) is 3.07. The van der Waals surface area contributed by atoms with Gasteiger partial charge in [-0.25, -0.2) is 0 Å². The quantitative estimate of drug-likeness (QED) is 0.591. The smallest absolute Gasteiger partial charge is 0.164 e. The van der Waals surface area contributed by atoms with Gasteiger partial charge in [-0.3, -0.25) is 4.79 Å². The first-order valence-electron chi connectivity index (χ1n) is 4.74. The topological polar surface area (TPSA) is 17.1 Å². The molecular weight excluding hydrogens is 160 g/mol. The van der Waals surface area contributed by atoms with Gasteiger partial charge in [-0.1, -0.05) is 19.1 Å². The molecule has 0 saturated heterocycles. The summed E-state index contributed by atoms with van der Waals surface area (Å²) in [7, 11) is 0. The number of carbonyl (C=O) groups is 1. The van der Waals surface area contributed by atoms with Crippen LogP contribution in [0.2, 0.25) is 0 Å². The van der Waals surface area contributed by atoms with Crippen molar-refractivity contribution < 1.29 is 4.79 Å². The van der Waals surface area contributed by atoms with Crippen LogP contribution < -0.4 is 0 Å². The molecule has 1 nitrogen and oxygen atoms in total. The average molecular weight is 174 g/mol. The molecule has 2 rings (SSSR count). The minimum Gasteiger partial charge on any atom is -0.294 e. The number of hydrogen-bond acceptors (Lipinski definition) is 1. The van der Waals surface area contributed by atoms with Gasteiger partial charge in [0.25, 0.3) is 0 Å². The highest BCUT2D eigenvalue weighted by molar-refractivity contribution is 6.02. The van der Waals surface area contributed by atoms with Crippen LogP contribution in [0.25, 0.3) is 0 Å². The molecule has 1 atom stereocenters. The summed E-state index contributed by atoms with van der Waals surface area (Å²) in [6, 6.07) is 4.22. The van der Waals surface area contributed by atoms with Gasteiger partial charge < -0.3 is 0 Å². The second-order valence-electron chi connectivity index (χ2n) is 4.00. The first-order valence-corrected chi connectivity index (χ1v) is 4.74. The summed E-state index contributed by atoms with van der Waals surface area (Å²) in [5, 5.41) is 0. The van der Waals surface area contributed by atoms with E-state index in [0.29, 0.717) is 18.1 Å². The normalized spacial score (nSPS) is 20.5. The van der Waals surface area contributed by atoms with Crippen molar-refractivity contribution in [3.8, 4) is 0 Å². The molecule has 0 radical (unpaired) electrons. The van der Waals surface area contributed by atoms with E-state index in [2.05, 4.69) is 26.0 Å².